The summed E-state index contributed by atoms with van der Waals surface area (Å²) in [7, 11) is 0. The summed E-state index contributed by atoms with van der Waals surface area (Å²) in [5.41, 5.74) is 0.486. The summed E-state index contributed by atoms with van der Waals surface area (Å²) in [6, 6.07) is 12.2. The Hall–Kier alpha value is -2.75. The minimum absolute atomic E-state index is 0.0981. The van der Waals surface area contributed by atoms with E-state index in [2.05, 4.69) is 0 Å². The van der Waals surface area contributed by atoms with Gasteiger partial charge in [-0.15, -0.1) is 0 Å². The maximum atomic E-state index is 13.8. The molecule has 1 aromatic heterocycles. The van der Waals surface area contributed by atoms with Gasteiger partial charge in [-0.25, -0.2) is 8.78 Å². The van der Waals surface area contributed by atoms with Crippen LogP contribution in [0.2, 0.25) is 0 Å². The van der Waals surface area contributed by atoms with Gasteiger partial charge in [0, 0.05) is 5.39 Å². The van der Waals surface area contributed by atoms with E-state index in [-0.39, 0.29) is 16.4 Å². The van der Waals surface area contributed by atoms with Gasteiger partial charge in [0.1, 0.15) is 11.2 Å². The summed E-state index contributed by atoms with van der Waals surface area (Å²) in [6.07, 6.45) is 0. The molecule has 0 saturated carbocycles. The van der Waals surface area contributed by atoms with Crippen LogP contribution in [0.3, 0.4) is 0 Å². The van der Waals surface area contributed by atoms with Crippen molar-refractivity contribution >= 4 is 32.7 Å². The van der Waals surface area contributed by atoms with Crippen molar-refractivity contribution in [3.63, 3.8) is 0 Å². The molecule has 2 nitrogen and oxygen atoms in total. The molecule has 0 aliphatic rings. The van der Waals surface area contributed by atoms with Crippen LogP contribution in [0.4, 0.5) is 8.78 Å². The van der Waals surface area contributed by atoms with Gasteiger partial charge in [0.2, 0.25) is 5.43 Å². The largest absolute Gasteiger partial charge is 0.456 e. The van der Waals surface area contributed by atoms with Crippen LogP contribution in [-0.4, -0.2) is 0 Å². The Morgan fingerprint density at radius 2 is 1.62 bits per heavy atom. The maximum Gasteiger partial charge on any atom is 0.200 e. The van der Waals surface area contributed by atoms with Crippen LogP contribution < -0.4 is 5.43 Å². The molecule has 0 spiro atoms. The van der Waals surface area contributed by atoms with Crippen molar-refractivity contribution in [2.75, 3.05) is 0 Å². The molecule has 0 amide bonds. The molecule has 0 bridgehead atoms. The van der Waals surface area contributed by atoms with Crippen LogP contribution in [0.15, 0.2) is 57.7 Å². The van der Waals surface area contributed by atoms with Crippen molar-refractivity contribution in [1.82, 2.24) is 0 Å². The highest BCUT2D eigenvalue weighted by molar-refractivity contribution is 5.99. The first kappa shape index (κ1) is 12.0. The lowest BCUT2D eigenvalue weighted by atomic mass is 10.1. The fraction of sp³-hybridized carbons (Fsp3) is 0. The van der Waals surface area contributed by atoms with E-state index in [1.807, 2.05) is 0 Å². The van der Waals surface area contributed by atoms with E-state index in [4.69, 9.17) is 4.42 Å². The molecular formula is C17H8F2O2. The molecule has 4 rings (SSSR count). The zero-order valence-corrected chi connectivity index (χ0v) is 10.7. The SMILES string of the molecule is O=c1c2ccccc2oc2cc3c(F)c(F)ccc3cc12. The zero-order valence-electron chi connectivity index (χ0n) is 10.7. The number of rotatable bonds is 0. The average molecular weight is 282 g/mol. The lowest BCUT2D eigenvalue weighted by Gasteiger charge is -2.05. The number of hydrogen-bond donors (Lipinski definition) is 0. The molecule has 0 radical (unpaired) electrons. The fourth-order valence-corrected chi connectivity index (χ4v) is 2.56. The second-order valence-corrected chi connectivity index (χ2v) is 4.86. The lowest BCUT2D eigenvalue weighted by molar-refractivity contribution is 0.517. The van der Waals surface area contributed by atoms with Gasteiger partial charge in [-0.3, -0.25) is 4.79 Å². The van der Waals surface area contributed by atoms with Crippen molar-refractivity contribution in [2.24, 2.45) is 0 Å². The second-order valence-electron chi connectivity index (χ2n) is 4.86. The monoisotopic (exact) mass is 282 g/mol. The fourth-order valence-electron chi connectivity index (χ4n) is 2.56. The molecule has 3 aromatic carbocycles. The molecule has 0 N–H and O–H groups in total. The number of benzene rings is 3. The van der Waals surface area contributed by atoms with Crippen LogP contribution in [-0.2, 0) is 0 Å². The Morgan fingerprint density at radius 1 is 0.810 bits per heavy atom. The highest BCUT2D eigenvalue weighted by Crippen LogP contribution is 2.26. The van der Waals surface area contributed by atoms with Crippen LogP contribution in [0.25, 0.3) is 32.7 Å². The van der Waals surface area contributed by atoms with E-state index in [1.54, 1.807) is 24.3 Å². The molecule has 4 heteroatoms. The number of hydrogen-bond acceptors (Lipinski definition) is 2. The summed E-state index contributed by atoms with van der Waals surface area (Å²) < 4.78 is 32.8. The van der Waals surface area contributed by atoms with Crippen molar-refractivity contribution in [1.29, 1.82) is 0 Å². The van der Waals surface area contributed by atoms with Gasteiger partial charge in [-0.05, 0) is 35.7 Å². The summed E-state index contributed by atoms with van der Waals surface area (Å²) in [5.74, 6) is -1.87. The maximum absolute atomic E-state index is 13.8. The number of halogens is 2. The molecule has 4 aromatic rings. The normalized spacial score (nSPS) is 11.5. The minimum atomic E-state index is -0.940. The molecule has 21 heavy (non-hydrogen) atoms. The van der Waals surface area contributed by atoms with Crippen LogP contribution >= 0.6 is 0 Å². The highest BCUT2D eigenvalue weighted by atomic mass is 19.2. The van der Waals surface area contributed by atoms with E-state index in [1.165, 1.54) is 18.2 Å². The van der Waals surface area contributed by atoms with Crippen LogP contribution in [0.1, 0.15) is 0 Å². The molecular weight excluding hydrogens is 274 g/mol. The Kier molecular flexibility index (Phi) is 2.36. The molecule has 1 heterocycles. The second kappa shape index (κ2) is 4.12. The van der Waals surface area contributed by atoms with Gasteiger partial charge in [0.25, 0.3) is 0 Å². The first-order chi connectivity index (χ1) is 10.1. The summed E-state index contributed by atoms with van der Waals surface area (Å²) in [5, 5.41) is 1.38. The van der Waals surface area contributed by atoms with Crippen molar-refractivity contribution in [3.05, 3.63) is 70.4 Å². The Labute approximate surface area is 117 Å². The predicted octanol–water partition coefficient (Wildman–Crippen LogP) is 4.38. The van der Waals surface area contributed by atoms with Crippen molar-refractivity contribution in [2.45, 2.75) is 0 Å². The molecule has 102 valence electrons. The predicted molar refractivity (Wildman–Crippen MR) is 77.4 cm³/mol. The number of para-hydroxylation sites is 1. The van der Waals surface area contributed by atoms with Gasteiger partial charge in [0.05, 0.1) is 10.8 Å². The highest BCUT2D eigenvalue weighted by Gasteiger charge is 2.12. The van der Waals surface area contributed by atoms with E-state index in [9.17, 15) is 13.6 Å². The Bertz CT molecular complexity index is 1080. The van der Waals surface area contributed by atoms with Gasteiger partial charge >= 0.3 is 0 Å². The molecule has 0 atom stereocenters. The van der Waals surface area contributed by atoms with E-state index in [0.717, 1.165) is 6.07 Å². The van der Waals surface area contributed by atoms with E-state index in [0.29, 0.717) is 21.7 Å². The smallest absolute Gasteiger partial charge is 0.200 e. The molecule has 0 saturated heterocycles. The summed E-state index contributed by atoms with van der Waals surface area (Å²) >= 11 is 0. The van der Waals surface area contributed by atoms with E-state index >= 15 is 0 Å². The third kappa shape index (κ3) is 1.65. The van der Waals surface area contributed by atoms with Crippen molar-refractivity contribution in [3.8, 4) is 0 Å². The summed E-state index contributed by atoms with van der Waals surface area (Å²) in [4.78, 5) is 12.5. The third-order valence-corrected chi connectivity index (χ3v) is 3.60. The molecule has 0 unspecified atom stereocenters. The average Bonchev–Trinajstić information content (AvgIpc) is 2.51. The Balaban J connectivity index is 2.26. The van der Waals surface area contributed by atoms with Gasteiger partial charge in [-0.1, -0.05) is 18.2 Å². The first-order valence-electron chi connectivity index (χ1n) is 6.38. The van der Waals surface area contributed by atoms with E-state index < -0.39 is 11.6 Å². The van der Waals surface area contributed by atoms with Gasteiger partial charge in [0.15, 0.2) is 11.6 Å². The minimum Gasteiger partial charge on any atom is -0.456 e. The van der Waals surface area contributed by atoms with Crippen LogP contribution in [0, 0.1) is 11.6 Å². The van der Waals surface area contributed by atoms with Crippen LogP contribution in [0.5, 0.6) is 0 Å². The standard InChI is InChI=1S/C17H8F2O2/c18-13-6-5-9-7-12-15(8-11(9)16(13)19)21-14-4-2-1-3-10(14)17(12)20/h1-8H. The first-order valence-corrected chi connectivity index (χ1v) is 6.38. The topological polar surface area (TPSA) is 30.2 Å². The number of fused-ring (bicyclic) bond motifs is 3. The summed E-state index contributed by atoms with van der Waals surface area (Å²) in [6.45, 7) is 0. The Morgan fingerprint density at radius 3 is 2.48 bits per heavy atom. The molecule has 0 aliphatic carbocycles. The van der Waals surface area contributed by atoms with Gasteiger partial charge < -0.3 is 4.42 Å². The quantitative estimate of drug-likeness (QED) is 0.448. The third-order valence-electron chi connectivity index (χ3n) is 3.60. The molecule has 0 fully saturated rings. The van der Waals surface area contributed by atoms with Gasteiger partial charge in [-0.2, -0.15) is 0 Å². The van der Waals surface area contributed by atoms with Crippen molar-refractivity contribution < 1.29 is 13.2 Å². The zero-order chi connectivity index (χ0) is 14.6. The molecule has 0 aliphatic heterocycles. The lowest BCUT2D eigenvalue weighted by Crippen LogP contribution is -2.02.